The Kier molecular flexibility index (Phi) is 2.65. The first-order valence-corrected chi connectivity index (χ1v) is 6.68. The summed E-state index contributed by atoms with van der Waals surface area (Å²) in [7, 11) is 2.11. The fraction of sp³-hybridized carbons (Fsp3) is 0.0714. The van der Waals surface area contributed by atoms with Crippen LogP contribution in [0, 0.1) is 0 Å². The summed E-state index contributed by atoms with van der Waals surface area (Å²) in [4.78, 5) is 4.79. The fourth-order valence-corrected chi connectivity index (χ4v) is 3.38. The largest absolute Gasteiger partial charge is 0.343 e. The standard InChI is InChI=1S/C14H11NS2/c1-15-11-4-2-3-5-13(11)17-14-8-10(9-16)6-7-12(14)15/h2-9H,1H3. The van der Waals surface area contributed by atoms with Gasteiger partial charge in [0, 0.05) is 22.2 Å². The van der Waals surface area contributed by atoms with E-state index in [1.54, 1.807) is 5.37 Å². The molecule has 2 aromatic rings. The lowest BCUT2D eigenvalue weighted by Gasteiger charge is -2.29. The molecule has 17 heavy (non-hydrogen) atoms. The summed E-state index contributed by atoms with van der Waals surface area (Å²) in [6.45, 7) is 0. The maximum absolute atomic E-state index is 4.98. The van der Waals surface area contributed by atoms with Crippen LogP contribution < -0.4 is 4.90 Å². The van der Waals surface area contributed by atoms with E-state index < -0.39 is 0 Å². The Morgan fingerprint density at radius 1 is 1.06 bits per heavy atom. The van der Waals surface area contributed by atoms with Gasteiger partial charge in [0.15, 0.2) is 0 Å². The number of hydrogen-bond acceptors (Lipinski definition) is 3. The molecule has 0 radical (unpaired) electrons. The quantitative estimate of drug-likeness (QED) is 0.702. The Balaban J connectivity index is 2.15. The molecule has 3 heteroatoms. The van der Waals surface area contributed by atoms with E-state index in [0.717, 1.165) is 5.56 Å². The molecule has 0 N–H and O–H groups in total. The minimum absolute atomic E-state index is 1.10. The highest BCUT2D eigenvalue weighted by atomic mass is 32.2. The van der Waals surface area contributed by atoms with Crippen LogP contribution in [-0.4, -0.2) is 12.4 Å². The average Bonchev–Trinajstić information content (AvgIpc) is 2.38. The molecule has 1 aliphatic heterocycles. The van der Waals surface area contributed by atoms with Gasteiger partial charge in [-0.2, -0.15) is 0 Å². The van der Waals surface area contributed by atoms with Crippen LogP contribution in [0.3, 0.4) is 0 Å². The molecule has 1 heterocycles. The van der Waals surface area contributed by atoms with Crippen molar-refractivity contribution in [1.82, 2.24) is 0 Å². The molecule has 0 atom stereocenters. The van der Waals surface area contributed by atoms with Gasteiger partial charge in [0.25, 0.3) is 0 Å². The molecule has 0 amide bonds. The zero-order chi connectivity index (χ0) is 11.8. The first kappa shape index (κ1) is 10.8. The highest BCUT2D eigenvalue weighted by Gasteiger charge is 2.19. The van der Waals surface area contributed by atoms with E-state index in [1.165, 1.54) is 21.2 Å². The maximum Gasteiger partial charge on any atom is 0.0550 e. The molecular formula is C14H11NS2. The summed E-state index contributed by atoms with van der Waals surface area (Å²) in [6.07, 6.45) is 0. The van der Waals surface area contributed by atoms with Crippen molar-refractivity contribution in [1.29, 1.82) is 0 Å². The van der Waals surface area contributed by atoms with E-state index >= 15 is 0 Å². The molecule has 0 spiro atoms. The monoisotopic (exact) mass is 257 g/mol. The average molecular weight is 257 g/mol. The van der Waals surface area contributed by atoms with Gasteiger partial charge in [0.1, 0.15) is 0 Å². The minimum Gasteiger partial charge on any atom is -0.343 e. The normalized spacial score (nSPS) is 12.9. The molecular weight excluding hydrogens is 246 g/mol. The van der Waals surface area contributed by atoms with Crippen LogP contribution >= 0.6 is 24.0 Å². The van der Waals surface area contributed by atoms with Crippen molar-refractivity contribution in [2.45, 2.75) is 9.79 Å². The number of rotatable bonds is 1. The van der Waals surface area contributed by atoms with Crippen molar-refractivity contribution < 1.29 is 0 Å². The van der Waals surface area contributed by atoms with Gasteiger partial charge in [0.2, 0.25) is 0 Å². The van der Waals surface area contributed by atoms with Gasteiger partial charge >= 0.3 is 0 Å². The van der Waals surface area contributed by atoms with E-state index in [4.69, 9.17) is 12.2 Å². The third kappa shape index (κ3) is 1.75. The van der Waals surface area contributed by atoms with Crippen molar-refractivity contribution >= 4 is 40.7 Å². The Morgan fingerprint density at radius 3 is 2.65 bits per heavy atom. The predicted molar refractivity (Wildman–Crippen MR) is 77.8 cm³/mol. The second kappa shape index (κ2) is 4.17. The van der Waals surface area contributed by atoms with Crippen LogP contribution in [0.1, 0.15) is 5.56 Å². The summed E-state index contributed by atoms with van der Waals surface area (Å²) >= 11 is 6.79. The van der Waals surface area contributed by atoms with Crippen LogP contribution in [0.15, 0.2) is 52.3 Å². The van der Waals surface area contributed by atoms with E-state index in [0.29, 0.717) is 0 Å². The van der Waals surface area contributed by atoms with Crippen molar-refractivity contribution in [2.24, 2.45) is 0 Å². The molecule has 0 saturated carbocycles. The molecule has 84 valence electrons. The van der Waals surface area contributed by atoms with E-state index in [1.807, 2.05) is 11.8 Å². The molecule has 1 nitrogen and oxygen atoms in total. The lowest BCUT2D eigenvalue weighted by molar-refractivity contribution is 1.11. The zero-order valence-electron chi connectivity index (χ0n) is 9.38. The van der Waals surface area contributed by atoms with E-state index in [2.05, 4.69) is 54.4 Å². The first-order valence-electron chi connectivity index (χ1n) is 5.39. The van der Waals surface area contributed by atoms with Crippen molar-refractivity contribution in [3.05, 3.63) is 48.0 Å². The number of nitrogens with zero attached hydrogens (tertiary/aromatic N) is 1. The number of fused-ring (bicyclic) bond motifs is 2. The number of thiocarbonyl (C=S) groups is 1. The third-order valence-corrected chi connectivity index (χ3v) is 4.31. The molecule has 0 fully saturated rings. The second-order valence-electron chi connectivity index (χ2n) is 3.97. The smallest absolute Gasteiger partial charge is 0.0550 e. The molecule has 1 aliphatic rings. The van der Waals surface area contributed by atoms with Gasteiger partial charge < -0.3 is 4.90 Å². The first-order chi connectivity index (χ1) is 8.29. The van der Waals surface area contributed by atoms with Gasteiger partial charge in [-0.15, -0.1) is 0 Å². The molecule has 0 aromatic heterocycles. The van der Waals surface area contributed by atoms with Gasteiger partial charge in [0.05, 0.1) is 11.4 Å². The zero-order valence-corrected chi connectivity index (χ0v) is 11.0. The SMILES string of the molecule is CN1c2ccccc2Sc2cc(C=S)ccc21. The summed E-state index contributed by atoms with van der Waals surface area (Å²) in [5.74, 6) is 0. The van der Waals surface area contributed by atoms with Gasteiger partial charge in [-0.25, -0.2) is 0 Å². The van der Waals surface area contributed by atoms with E-state index in [-0.39, 0.29) is 0 Å². The number of anilines is 2. The minimum atomic E-state index is 1.10. The highest BCUT2D eigenvalue weighted by molar-refractivity contribution is 7.99. The van der Waals surface area contributed by atoms with Crippen LogP contribution in [0.2, 0.25) is 0 Å². The molecule has 0 bridgehead atoms. The summed E-state index contributed by atoms with van der Waals surface area (Å²) < 4.78 is 0. The topological polar surface area (TPSA) is 3.24 Å². The molecule has 0 unspecified atom stereocenters. The highest BCUT2D eigenvalue weighted by Crippen LogP contribution is 2.47. The number of benzene rings is 2. The van der Waals surface area contributed by atoms with Gasteiger partial charge in [-0.1, -0.05) is 42.2 Å². The Bertz CT molecular complexity index is 593. The number of hydrogen-bond donors (Lipinski definition) is 0. The Morgan fingerprint density at radius 2 is 1.82 bits per heavy atom. The Labute approximate surface area is 110 Å². The molecule has 3 rings (SSSR count). The van der Waals surface area contributed by atoms with Crippen LogP contribution in [-0.2, 0) is 0 Å². The fourth-order valence-electron chi connectivity index (χ4n) is 2.03. The van der Waals surface area contributed by atoms with E-state index in [9.17, 15) is 0 Å². The number of para-hydroxylation sites is 1. The Hall–Kier alpha value is -1.32. The third-order valence-electron chi connectivity index (χ3n) is 2.93. The van der Waals surface area contributed by atoms with Crippen LogP contribution in [0.25, 0.3) is 0 Å². The van der Waals surface area contributed by atoms with Crippen molar-refractivity contribution in [2.75, 3.05) is 11.9 Å². The second-order valence-corrected chi connectivity index (χ2v) is 5.29. The molecule has 2 aromatic carbocycles. The molecule has 0 saturated heterocycles. The maximum atomic E-state index is 4.98. The van der Waals surface area contributed by atoms with Crippen molar-refractivity contribution in [3.8, 4) is 0 Å². The summed E-state index contributed by atoms with van der Waals surface area (Å²) in [5.41, 5.74) is 3.61. The van der Waals surface area contributed by atoms with Gasteiger partial charge in [-0.3, -0.25) is 0 Å². The van der Waals surface area contributed by atoms with Crippen molar-refractivity contribution in [3.63, 3.8) is 0 Å². The molecule has 0 aliphatic carbocycles. The lowest BCUT2D eigenvalue weighted by atomic mass is 10.2. The van der Waals surface area contributed by atoms with Gasteiger partial charge in [-0.05, 0) is 29.8 Å². The van der Waals surface area contributed by atoms with Crippen LogP contribution in [0.5, 0.6) is 0 Å². The lowest BCUT2D eigenvalue weighted by Crippen LogP contribution is -2.14. The van der Waals surface area contributed by atoms with Crippen LogP contribution in [0.4, 0.5) is 11.4 Å². The summed E-state index contributed by atoms with van der Waals surface area (Å²) in [6, 6.07) is 14.8. The predicted octanol–water partition coefficient (Wildman–Crippen LogP) is 4.27. The summed E-state index contributed by atoms with van der Waals surface area (Å²) in [5, 5.41) is 1.72.